The molecule has 6 nitrogen and oxygen atoms in total. The molecule has 112 valence electrons. The summed E-state index contributed by atoms with van der Waals surface area (Å²) in [7, 11) is 0. The Hall–Kier alpha value is -2.47. The lowest BCUT2D eigenvalue weighted by Crippen LogP contribution is -2.06. The number of nitrogens with zero attached hydrogens (tertiary/aromatic N) is 5. The summed E-state index contributed by atoms with van der Waals surface area (Å²) in [6, 6.07) is 8.22. The first-order valence-corrected chi connectivity index (χ1v) is 7.42. The summed E-state index contributed by atoms with van der Waals surface area (Å²) < 4.78 is 9.51. The van der Waals surface area contributed by atoms with Crippen LogP contribution in [-0.4, -0.2) is 30.9 Å². The second-order valence-corrected chi connectivity index (χ2v) is 5.31. The molecule has 1 aliphatic heterocycles. The van der Waals surface area contributed by atoms with Crippen molar-refractivity contribution in [2.75, 3.05) is 6.61 Å². The molecular formula is C16H17N5O. The molecule has 3 heterocycles. The summed E-state index contributed by atoms with van der Waals surface area (Å²) in [5, 5.41) is 4.61. The van der Waals surface area contributed by atoms with Gasteiger partial charge >= 0.3 is 0 Å². The highest BCUT2D eigenvalue weighted by atomic mass is 16.5. The average molecular weight is 295 g/mol. The van der Waals surface area contributed by atoms with Gasteiger partial charge in [-0.3, -0.25) is 0 Å². The molecule has 0 bridgehead atoms. The molecule has 0 saturated carbocycles. The molecule has 0 radical (unpaired) electrons. The van der Waals surface area contributed by atoms with Gasteiger partial charge in [0.05, 0.1) is 29.9 Å². The van der Waals surface area contributed by atoms with E-state index in [4.69, 9.17) is 4.74 Å². The van der Waals surface area contributed by atoms with E-state index in [9.17, 15) is 0 Å². The first-order chi connectivity index (χ1) is 10.8. The van der Waals surface area contributed by atoms with Gasteiger partial charge in [-0.1, -0.05) is 12.1 Å². The van der Waals surface area contributed by atoms with E-state index in [1.165, 1.54) is 0 Å². The molecule has 0 spiro atoms. The smallest absolute Gasteiger partial charge is 0.176 e. The fourth-order valence-electron chi connectivity index (χ4n) is 2.83. The first-order valence-electron chi connectivity index (χ1n) is 7.42. The topological polar surface area (TPSA) is 57.8 Å². The maximum absolute atomic E-state index is 5.44. The van der Waals surface area contributed by atoms with Gasteiger partial charge in [-0.2, -0.15) is 5.10 Å². The van der Waals surface area contributed by atoms with Gasteiger partial charge in [0.1, 0.15) is 6.61 Å². The van der Waals surface area contributed by atoms with E-state index in [1.807, 2.05) is 37.0 Å². The number of para-hydroxylation sites is 1. The monoisotopic (exact) mass is 295 g/mol. The number of hydrogen-bond donors (Lipinski definition) is 0. The third kappa shape index (κ3) is 1.95. The predicted octanol–water partition coefficient (Wildman–Crippen LogP) is 2.34. The summed E-state index contributed by atoms with van der Waals surface area (Å²) in [4.78, 5) is 9.12. The molecule has 6 heteroatoms. The number of aromatic nitrogens is 5. The zero-order chi connectivity index (χ0) is 15.1. The average Bonchev–Trinajstić information content (AvgIpc) is 3.07. The number of aryl methyl sites for hydroxylation is 1. The lowest BCUT2D eigenvalue weighted by molar-refractivity contribution is 0.128. The highest BCUT2D eigenvalue weighted by molar-refractivity contribution is 5.69. The van der Waals surface area contributed by atoms with E-state index in [1.54, 1.807) is 0 Å². The van der Waals surface area contributed by atoms with E-state index >= 15 is 0 Å². The number of imidazole rings is 1. The van der Waals surface area contributed by atoms with E-state index < -0.39 is 0 Å². The summed E-state index contributed by atoms with van der Waals surface area (Å²) in [6.45, 7) is 5.76. The number of ether oxygens (including phenoxy) is 1. The first kappa shape index (κ1) is 13.2. The van der Waals surface area contributed by atoms with E-state index in [2.05, 4.69) is 31.8 Å². The Labute approximate surface area is 128 Å². The van der Waals surface area contributed by atoms with Crippen molar-refractivity contribution in [2.45, 2.75) is 27.0 Å². The molecule has 0 unspecified atom stereocenters. The molecule has 2 aromatic heterocycles. The Balaban J connectivity index is 1.91. The van der Waals surface area contributed by atoms with Gasteiger partial charge in [0.2, 0.25) is 0 Å². The second-order valence-electron chi connectivity index (χ2n) is 5.31. The number of hydrogen-bond acceptors (Lipinski definition) is 4. The number of fused-ring (bicyclic) bond motifs is 5. The Morgan fingerprint density at radius 3 is 3.00 bits per heavy atom. The minimum absolute atomic E-state index is 0.441. The molecular weight excluding hydrogens is 278 g/mol. The van der Waals surface area contributed by atoms with Gasteiger partial charge < -0.3 is 9.30 Å². The van der Waals surface area contributed by atoms with Crippen LogP contribution in [0.25, 0.3) is 17.1 Å². The minimum atomic E-state index is 0.441. The summed E-state index contributed by atoms with van der Waals surface area (Å²) in [6.07, 6.45) is 1.87. The van der Waals surface area contributed by atoms with Crippen LogP contribution >= 0.6 is 0 Å². The molecule has 22 heavy (non-hydrogen) atoms. The SMILES string of the molecule is CCOCc1nc2n(n1)Cc1c(C)ncn1-c1ccccc1-2. The van der Waals surface area contributed by atoms with Crippen LogP contribution in [0.15, 0.2) is 30.6 Å². The van der Waals surface area contributed by atoms with Crippen LogP contribution in [0.3, 0.4) is 0 Å². The fraction of sp³-hybridized carbons (Fsp3) is 0.312. The van der Waals surface area contributed by atoms with Gasteiger partial charge in [0, 0.05) is 12.2 Å². The quantitative estimate of drug-likeness (QED) is 0.582. The van der Waals surface area contributed by atoms with Crippen molar-refractivity contribution in [1.29, 1.82) is 0 Å². The van der Waals surface area contributed by atoms with Crippen LogP contribution in [0.4, 0.5) is 0 Å². The van der Waals surface area contributed by atoms with E-state index in [-0.39, 0.29) is 0 Å². The molecule has 0 atom stereocenters. The van der Waals surface area contributed by atoms with Crippen molar-refractivity contribution >= 4 is 0 Å². The highest BCUT2D eigenvalue weighted by Crippen LogP contribution is 2.31. The highest BCUT2D eigenvalue weighted by Gasteiger charge is 2.23. The number of benzene rings is 1. The summed E-state index contributed by atoms with van der Waals surface area (Å²) >= 11 is 0. The molecule has 0 aliphatic carbocycles. The van der Waals surface area contributed by atoms with Gasteiger partial charge in [0.15, 0.2) is 11.6 Å². The van der Waals surface area contributed by atoms with Crippen LogP contribution in [-0.2, 0) is 17.9 Å². The van der Waals surface area contributed by atoms with Gasteiger partial charge in [-0.25, -0.2) is 14.6 Å². The third-order valence-corrected chi connectivity index (χ3v) is 3.93. The maximum Gasteiger partial charge on any atom is 0.176 e. The maximum atomic E-state index is 5.44. The van der Waals surface area contributed by atoms with Crippen molar-refractivity contribution in [3.63, 3.8) is 0 Å². The molecule has 4 rings (SSSR count). The Morgan fingerprint density at radius 1 is 1.27 bits per heavy atom. The Kier molecular flexibility index (Phi) is 3.04. The van der Waals surface area contributed by atoms with Crippen molar-refractivity contribution < 1.29 is 4.74 Å². The van der Waals surface area contributed by atoms with Crippen LogP contribution in [0.5, 0.6) is 0 Å². The van der Waals surface area contributed by atoms with Gasteiger partial charge in [-0.05, 0) is 26.0 Å². The summed E-state index contributed by atoms with van der Waals surface area (Å²) in [5.74, 6) is 1.60. The molecule has 0 N–H and O–H groups in total. The van der Waals surface area contributed by atoms with Crippen molar-refractivity contribution in [3.8, 4) is 17.1 Å². The van der Waals surface area contributed by atoms with E-state index in [0.29, 0.717) is 19.8 Å². The second kappa shape index (κ2) is 5.06. The zero-order valence-electron chi connectivity index (χ0n) is 12.7. The molecule has 0 fully saturated rings. The predicted molar refractivity (Wildman–Crippen MR) is 81.7 cm³/mol. The molecule has 0 amide bonds. The van der Waals surface area contributed by atoms with Crippen molar-refractivity contribution in [2.24, 2.45) is 0 Å². The Bertz CT molecular complexity index is 833. The van der Waals surface area contributed by atoms with Crippen molar-refractivity contribution in [3.05, 3.63) is 47.8 Å². The normalized spacial score (nSPS) is 12.5. The molecule has 3 aromatic rings. The molecule has 1 aromatic carbocycles. The van der Waals surface area contributed by atoms with E-state index in [0.717, 1.165) is 34.3 Å². The van der Waals surface area contributed by atoms with Crippen molar-refractivity contribution in [1.82, 2.24) is 24.3 Å². The number of rotatable bonds is 3. The van der Waals surface area contributed by atoms with Gasteiger partial charge in [-0.15, -0.1) is 0 Å². The van der Waals surface area contributed by atoms with Crippen LogP contribution in [0, 0.1) is 6.92 Å². The standard InChI is InChI=1S/C16H17N5O/c1-3-22-9-15-18-16-12-6-4-5-7-13(12)20-10-17-11(2)14(20)8-21(16)19-15/h4-7,10H,3,8-9H2,1-2H3. The largest absolute Gasteiger partial charge is 0.374 e. The lowest BCUT2D eigenvalue weighted by Gasteiger charge is -2.07. The fourth-order valence-corrected chi connectivity index (χ4v) is 2.83. The van der Waals surface area contributed by atoms with Crippen LogP contribution in [0.1, 0.15) is 24.1 Å². The van der Waals surface area contributed by atoms with Gasteiger partial charge in [0.25, 0.3) is 0 Å². The van der Waals surface area contributed by atoms with Crippen LogP contribution in [0.2, 0.25) is 0 Å². The molecule has 1 aliphatic rings. The summed E-state index contributed by atoms with van der Waals surface area (Å²) in [5.41, 5.74) is 4.31. The van der Waals surface area contributed by atoms with Crippen LogP contribution < -0.4 is 0 Å². The Morgan fingerprint density at radius 2 is 2.14 bits per heavy atom. The lowest BCUT2D eigenvalue weighted by atomic mass is 10.1. The third-order valence-electron chi connectivity index (χ3n) is 3.93. The molecule has 0 saturated heterocycles. The minimum Gasteiger partial charge on any atom is -0.374 e. The zero-order valence-corrected chi connectivity index (χ0v) is 12.7.